The van der Waals surface area contributed by atoms with E-state index in [4.69, 9.17) is 0 Å². The molecule has 0 aliphatic heterocycles. The van der Waals surface area contributed by atoms with Gasteiger partial charge in [-0.25, -0.2) is 0 Å². The van der Waals surface area contributed by atoms with Gasteiger partial charge < -0.3 is 9.84 Å². The van der Waals surface area contributed by atoms with E-state index in [1.807, 2.05) is 19.9 Å². The number of carbonyl (C=O) groups is 2. The Bertz CT molecular complexity index is 1340. The number of phenols is 1. The van der Waals surface area contributed by atoms with Gasteiger partial charge in [0.2, 0.25) is 0 Å². The molecule has 0 amide bonds. The van der Waals surface area contributed by atoms with E-state index in [1.165, 1.54) is 31.0 Å². The fraction of sp³-hybridized carbons (Fsp3) is 0.486. The lowest BCUT2D eigenvalue weighted by Gasteiger charge is -2.09. The minimum Gasteiger partial charge on any atom is -0.508 e. The SMILES string of the molecule is Cc1cc(C#CCCC(=O)C2CCCC2)c(C)cc1O.O=C(CCC#Cc1ccccc1OC(F)(F)F)C1CCCC1. The normalized spacial score (nSPS) is 15.1. The van der Waals surface area contributed by atoms with Crippen molar-refractivity contribution in [3.05, 3.63) is 58.7 Å². The van der Waals surface area contributed by atoms with E-state index in [0.29, 0.717) is 43.1 Å². The monoisotopic (exact) mass is 580 g/mol. The number of hydrogen-bond acceptors (Lipinski definition) is 4. The van der Waals surface area contributed by atoms with Crippen molar-refractivity contribution in [1.82, 2.24) is 0 Å². The number of ketones is 2. The summed E-state index contributed by atoms with van der Waals surface area (Å²) in [4.78, 5) is 23.8. The molecule has 0 heterocycles. The minimum absolute atomic E-state index is 0.155. The minimum atomic E-state index is -4.74. The maximum absolute atomic E-state index is 12.3. The zero-order valence-corrected chi connectivity index (χ0v) is 24.4. The molecule has 4 nitrogen and oxygen atoms in total. The molecule has 1 N–H and O–H groups in total. The Morgan fingerprint density at radius 2 is 1.31 bits per heavy atom. The second kappa shape index (κ2) is 16.1. The molecule has 224 valence electrons. The summed E-state index contributed by atoms with van der Waals surface area (Å²) < 4.78 is 40.7. The first-order chi connectivity index (χ1) is 20.0. The zero-order valence-electron chi connectivity index (χ0n) is 24.4. The Hall–Kier alpha value is -3.71. The molecule has 0 unspecified atom stereocenters. The topological polar surface area (TPSA) is 63.6 Å². The second-order valence-electron chi connectivity index (χ2n) is 11.0. The number of carbonyl (C=O) groups excluding carboxylic acids is 2. The highest BCUT2D eigenvalue weighted by Gasteiger charge is 2.31. The number of rotatable bonds is 7. The first-order valence-electron chi connectivity index (χ1n) is 14.7. The predicted molar refractivity (Wildman–Crippen MR) is 157 cm³/mol. The number of aromatic hydroxyl groups is 1. The molecule has 2 aromatic carbocycles. The summed E-state index contributed by atoms with van der Waals surface area (Å²) in [6, 6.07) is 9.38. The van der Waals surface area contributed by atoms with Gasteiger partial charge in [0.05, 0.1) is 5.56 Å². The second-order valence-corrected chi connectivity index (χ2v) is 11.0. The van der Waals surface area contributed by atoms with Crippen LogP contribution in [-0.4, -0.2) is 23.0 Å². The third-order valence-corrected chi connectivity index (χ3v) is 7.72. The smallest absolute Gasteiger partial charge is 0.508 e. The molecule has 2 aliphatic rings. The molecule has 0 spiro atoms. The van der Waals surface area contributed by atoms with Crippen LogP contribution in [0.2, 0.25) is 0 Å². The van der Waals surface area contributed by atoms with E-state index in [9.17, 15) is 27.9 Å². The summed E-state index contributed by atoms with van der Waals surface area (Å²) in [5.41, 5.74) is 2.92. The van der Waals surface area contributed by atoms with Crippen LogP contribution < -0.4 is 4.74 Å². The number of aryl methyl sites for hydroxylation is 2. The quantitative estimate of drug-likeness (QED) is 0.334. The van der Waals surface area contributed by atoms with Gasteiger partial charge in [0.1, 0.15) is 23.1 Å². The van der Waals surface area contributed by atoms with E-state index in [-0.39, 0.29) is 23.0 Å². The maximum atomic E-state index is 12.3. The summed E-state index contributed by atoms with van der Waals surface area (Å²) in [6.45, 7) is 3.80. The Balaban J connectivity index is 0.000000231. The molecule has 0 atom stereocenters. The van der Waals surface area contributed by atoms with Crippen LogP contribution in [-0.2, 0) is 9.59 Å². The molecule has 2 aromatic rings. The Morgan fingerprint density at radius 3 is 1.83 bits per heavy atom. The number of hydrogen-bond donors (Lipinski definition) is 1. The van der Waals surface area contributed by atoms with Crippen LogP contribution >= 0.6 is 0 Å². The van der Waals surface area contributed by atoms with E-state index in [2.05, 4.69) is 28.4 Å². The van der Waals surface area contributed by atoms with Gasteiger partial charge in [0, 0.05) is 43.1 Å². The first-order valence-corrected chi connectivity index (χ1v) is 14.7. The molecular weight excluding hydrogens is 541 g/mol. The number of phenolic OH excluding ortho intramolecular Hbond substituents is 1. The van der Waals surface area contributed by atoms with Crippen molar-refractivity contribution in [2.24, 2.45) is 11.8 Å². The molecule has 2 saturated carbocycles. The number of benzene rings is 2. The van der Waals surface area contributed by atoms with Crippen LogP contribution in [0.5, 0.6) is 11.5 Å². The van der Waals surface area contributed by atoms with Gasteiger partial charge in [0.25, 0.3) is 0 Å². The standard InChI is InChI=1S/C18H22O2.C17H17F3O2/c1-13-12-18(20)14(2)11-16(13)9-5-6-10-17(19)15-7-3-4-8-15;18-17(19,20)22-16-12-6-4-10-14(16)9-3-5-11-15(21)13-7-1-2-8-13/h11-12,15,20H,3-4,6-8,10H2,1-2H3;4,6,10,12-13H,1-2,5,7-8,11H2. The average Bonchev–Trinajstić information content (AvgIpc) is 3.67. The highest BCUT2D eigenvalue weighted by molar-refractivity contribution is 5.81. The molecule has 42 heavy (non-hydrogen) atoms. The van der Waals surface area contributed by atoms with Crippen molar-refractivity contribution in [2.45, 2.75) is 97.3 Å². The number of Topliss-reactive ketones (excluding diaryl/α,β-unsaturated/α-hetero) is 2. The highest BCUT2D eigenvalue weighted by Crippen LogP contribution is 2.28. The van der Waals surface area contributed by atoms with E-state index >= 15 is 0 Å². The lowest BCUT2D eigenvalue weighted by atomic mass is 9.99. The largest absolute Gasteiger partial charge is 0.573 e. The summed E-state index contributed by atoms with van der Waals surface area (Å²) in [7, 11) is 0. The Labute approximate surface area is 247 Å². The number of halogens is 3. The Kier molecular flexibility index (Phi) is 12.5. The van der Waals surface area contributed by atoms with E-state index < -0.39 is 6.36 Å². The summed E-state index contributed by atoms with van der Waals surface area (Å²) in [5.74, 6) is 12.7. The van der Waals surface area contributed by atoms with Crippen molar-refractivity contribution in [3.63, 3.8) is 0 Å². The molecular formula is C35H39F3O4. The summed E-state index contributed by atoms with van der Waals surface area (Å²) >= 11 is 0. The summed E-state index contributed by atoms with van der Waals surface area (Å²) in [5, 5.41) is 9.60. The number of ether oxygens (including phenoxy) is 1. The van der Waals surface area contributed by atoms with E-state index in [1.54, 1.807) is 12.1 Å². The van der Waals surface area contributed by atoms with Crippen LogP contribution in [0.1, 0.15) is 99.3 Å². The lowest BCUT2D eigenvalue weighted by Crippen LogP contribution is -2.17. The van der Waals surface area contributed by atoms with Gasteiger partial charge >= 0.3 is 6.36 Å². The molecule has 2 aliphatic carbocycles. The third kappa shape index (κ3) is 10.9. The summed E-state index contributed by atoms with van der Waals surface area (Å²) in [6.07, 6.45) is 5.85. The van der Waals surface area contributed by atoms with Crippen molar-refractivity contribution < 1.29 is 32.6 Å². The molecule has 2 fully saturated rings. The highest BCUT2D eigenvalue weighted by atomic mass is 19.4. The van der Waals surface area contributed by atoms with Crippen molar-refractivity contribution in [3.8, 4) is 35.2 Å². The third-order valence-electron chi connectivity index (χ3n) is 7.72. The Morgan fingerprint density at radius 1 is 0.810 bits per heavy atom. The predicted octanol–water partition coefficient (Wildman–Crippen LogP) is 8.38. The van der Waals surface area contributed by atoms with Gasteiger partial charge in [-0.15, -0.1) is 13.2 Å². The molecule has 4 rings (SSSR count). The maximum Gasteiger partial charge on any atom is 0.573 e. The van der Waals surface area contributed by atoms with Gasteiger partial charge in [-0.1, -0.05) is 61.5 Å². The zero-order chi connectivity index (χ0) is 30.5. The van der Waals surface area contributed by atoms with Crippen molar-refractivity contribution in [2.75, 3.05) is 0 Å². The molecule has 7 heteroatoms. The van der Waals surface area contributed by atoms with E-state index in [0.717, 1.165) is 55.2 Å². The van der Waals surface area contributed by atoms with Crippen molar-refractivity contribution in [1.29, 1.82) is 0 Å². The van der Waals surface area contributed by atoms with Crippen LogP contribution in [0.4, 0.5) is 13.2 Å². The molecule has 0 bridgehead atoms. The molecule has 0 aromatic heterocycles. The number of alkyl halides is 3. The molecule has 0 radical (unpaired) electrons. The van der Waals surface area contributed by atoms with Crippen molar-refractivity contribution >= 4 is 11.6 Å². The van der Waals surface area contributed by atoms with Gasteiger partial charge in [-0.2, -0.15) is 0 Å². The van der Waals surface area contributed by atoms with Crippen LogP contribution in [0.15, 0.2) is 36.4 Å². The fourth-order valence-electron chi connectivity index (χ4n) is 5.31. The molecule has 0 saturated heterocycles. The van der Waals surface area contributed by atoms with Crippen LogP contribution in [0, 0.1) is 49.4 Å². The van der Waals surface area contributed by atoms with Gasteiger partial charge in [-0.3, -0.25) is 9.59 Å². The number of para-hydroxylation sites is 1. The lowest BCUT2D eigenvalue weighted by molar-refractivity contribution is -0.274. The average molecular weight is 581 g/mol. The van der Waals surface area contributed by atoms with Gasteiger partial charge in [0.15, 0.2) is 0 Å². The first kappa shape index (κ1) is 32.8. The van der Waals surface area contributed by atoms with Crippen LogP contribution in [0.25, 0.3) is 0 Å². The fourth-order valence-corrected chi connectivity index (χ4v) is 5.31. The van der Waals surface area contributed by atoms with Gasteiger partial charge in [-0.05, 0) is 74.9 Å². The van der Waals surface area contributed by atoms with Crippen LogP contribution in [0.3, 0.4) is 0 Å².